The second-order valence-corrected chi connectivity index (χ2v) is 4.75. The van der Waals surface area contributed by atoms with E-state index in [2.05, 4.69) is 15.9 Å². The predicted molar refractivity (Wildman–Crippen MR) is 61.5 cm³/mol. The molecule has 1 N–H and O–H groups in total. The minimum Gasteiger partial charge on any atom is -0.305 e. The summed E-state index contributed by atoms with van der Waals surface area (Å²) in [7, 11) is 0. The number of hydrogen-bond donors (Lipinski definition) is 1. The summed E-state index contributed by atoms with van der Waals surface area (Å²) in [5.41, 5.74) is -1.09. The number of alkyl halides is 5. The maximum Gasteiger partial charge on any atom is 0.455 e. The Morgan fingerprint density at radius 1 is 1.10 bits per heavy atom. The number of halogens is 8. The molecule has 0 aliphatic rings. The molecule has 0 fully saturated rings. The van der Waals surface area contributed by atoms with Crippen LogP contribution in [0.15, 0.2) is 16.6 Å². The quantitative estimate of drug-likeness (QED) is 0.606. The van der Waals surface area contributed by atoms with Crippen molar-refractivity contribution >= 4 is 15.9 Å². The molecule has 114 valence electrons. The summed E-state index contributed by atoms with van der Waals surface area (Å²) >= 11 is 2.61. The van der Waals surface area contributed by atoms with Crippen molar-refractivity contribution in [3.05, 3.63) is 33.8 Å². The van der Waals surface area contributed by atoms with Gasteiger partial charge in [-0.15, -0.1) is 0 Å². The average Bonchev–Trinajstić information content (AvgIpc) is 2.29. The van der Waals surface area contributed by atoms with Gasteiger partial charge in [0, 0.05) is 5.56 Å². The van der Waals surface area contributed by atoms with Crippen LogP contribution in [0.3, 0.4) is 0 Å². The van der Waals surface area contributed by atoms with Gasteiger partial charge in [0.05, 0.1) is 4.47 Å². The van der Waals surface area contributed by atoms with Crippen molar-refractivity contribution < 1.29 is 30.7 Å². The van der Waals surface area contributed by atoms with Crippen LogP contribution in [0, 0.1) is 11.6 Å². The van der Waals surface area contributed by atoms with Gasteiger partial charge in [0.1, 0.15) is 17.7 Å². The van der Waals surface area contributed by atoms with Gasteiger partial charge in [0.25, 0.3) is 0 Å². The molecule has 0 saturated heterocycles. The molecule has 0 aliphatic carbocycles. The van der Waals surface area contributed by atoms with Crippen molar-refractivity contribution in [2.24, 2.45) is 0 Å². The smallest absolute Gasteiger partial charge is 0.305 e. The van der Waals surface area contributed by atoms with Gasteiger partial charge in [-0.2, -0.15) is 22.0 Å². The maximum atomic E-state index is 13.6. The van der Waals surface area contributed by atoms with E-state index < -0.39 is 35.3 Å². The van der Waals surface area contributed by atoms with Crippen LogP contribution in [0.2, 0.25) is 0 Å². The highest BCUT2D eigenvalue weighted by Crippen LogP contribution is 2.45. The molecule has 1 aromatic rings. The Bertz CT molecular complexity index is 486. The van der Waals surface area contributed by atoms with Crippen LogP contribution >= 0.6 is 15.9 Å². The lowest BCUT2D eigenvalue weighted by Crippen LogP contribution is -2.48. The summed E-state index contributed by atoms with van der Waals surface area (Å²) in [4.78, 5) is 0. The Labute approximate surface area is 118 Å². The summed E-state index contributed by atoms with van der Waals surface area (Å²) in [6.07, 6.45) is -5.89. The summed E-state index contributed by atoms with van der Waals surface area (Å²) in [6, 6.07) is -1.90. The number of hydrogen-bond acceptors (Lipinski definition) is 1. The van der Waals surface area contributed by atoms with E-state index in [9.17, 15) is 30.7 Å². The largest absolute Gasteiger partial charge is 0.455 e. The molecule has 1 aromatic carbocycles. The fraction of sp³-hybridized carbons (Fsp3) is 0.455. The first kappa shape index (κ1) is 17.2. The zero-order valence-corrected chi connectivity index (χ0v) is 11.5. The summed E-state index contributed by atoms with van der Waals surface area (Å²) < 4.78 is 90.4. The van der Waals surface area contributed by atoms with E-state index in [1.165, 1.54) is 6.92 Å². The van der Waals surface area contributed by atoms with E-state index in [1.807, 2.05) is 5.32 Å². The third-order valence-corrected chi connectivity index (χ3v) is 3.11. The van der Waals surface area contributed by atoms with Gasteiger partial charge in [-0.1, -0.05) is 6.92 Å². The van der Waals surface area contributed by atoms with E-state index in [-0.39, 0.29) is 11.0 Å². The molecular weight excluding hydrogens is 359 g/mol. The molecule has 1 rings (SSSR count). The maximum absolute atomic E-state index is 13.6. The van der Waals surface area contributed by atoms with Gasteiger partial charge >= 0.3 is 12.1 Å². The Kier molecular flexibility index (Phi) is 5.07. The number of rotatable bonds is 4. The minimum absolute atomic E-state index is 0.284. The molecule has 0 aliphatic heterocycles. The Morgan fingerprint density at radius 2 is 1.65 bits per heavy atom. The molecule has 0 heterocycles. The van der Waals surface area contributed by atoms with Crippen LogP contribution in [-0.4, -0.2) is 18.6 Å². The monoisotopic (exact) mass is 367 g/mol. The van der Waals surface area contributed by atoms with Crippen molar-refractivity contribution in [2.45, 2.75) is 25.1 Å². The second kappa shape index (κ2) is 5.88. The highest BCUT2D eigenvalue weighted by Gasteiger charge is 2.63. The van der Waals surface area contributed by atoms with Crippen LogP contribution in [0.4, 0.5) is 30.7 Å². The van der Waals surface area contributed by atoms with Crippen molar-refractivity contribution in [3.8, 4) is 0 Å². The topological polar surface area (TPSA) is 12.0 Å². The van der Waals surface area contributed by atoms with Gasteiger partial charge in [0.15, 0.2) is 0 Å². The SMILES string of the molecule is CCNC(c1cc(F)c(Br)cc1F)C(F)(F)C(F)(F)F. The van der Waals surface area contributed by atoms with Gasteiger partial charge in [-0.25, -0.2) is 8.78 Å². The lowest BCUT2D eigenvalue weighted by atomic mass is 9.99. The summed E-state index contributed by atoms with van der Waals surface area (Å²) in [5, 5.41) is 1.84. The third-order valence-electron chi connectivity index (χ3n) is 2.50. The van der Waals surface area contributed by atoms with Crippen molar-refractivity contribution in [2.75, 3.05) is 6.54 Å². The zero-order valence-electron chi connectivity index (χ0n) is 9.96. The first-order valence-corrected chi connectivity index (χ1v) is 6.14. The molecule has 1 nitrogen and oxygen atoms in total. The highest BCUT2D eigenvalue weighted by atomic mass is 79.9. The van der Waals surface area contributed by atoms with Crippen LogP contribution in [0.25, 0.3) is 0 Å². The number of nitrogens with one attached hydrogen (secondary N) is 1. The van der Waals surface area contributed by atoms with Gasteiger partial charge in [-0.3, -0.25) is 0 Å². The van der Waals surface area contributed by atoms with Crippen LogP contribution < -0.4 is 5.32 Å². The average molecular weight is 368 g/mol. The van der Waals surface area contributed by atoms with E-state index in [0.29, 0.717) is 12.1 Å². The van der Waals surface area contributed by atoms with E-state index in [4.69, 9.17) is 0 Å². The lowest BCUT2D eigenvalue weighted by Gasteiger charge is -2.29. The van der Waals surface area contributed by atoms with Crippen LogP contribution in [0.5, 0.6) is 0 Å². The van der Waals surface area contributed by atoms with Gasteiger partial charge in [0.2, 0.25) is 0 Å². The normalized spacial score (nSPS) is 14.4. The predicted octanol–water partition coefficient (Wildman–Crippen LogP) is 4.58. The first-order chi connectivity index (χ1) is 9.02. The standard InChI is InChI=1S/C11H9BrF7N/c1-2-20-9(10(15,16)11(17,18)19)5-3-8(14)6(12)4-7(5)13/h3-4,9,20H,2H2,1H3. The summed E-state index contributed by atoms with van der Waals surface area (Å²) in [6.45, 7) is 0.986. The highest BCUT2D eigenvalue weighted by molar-refractivity contribution is 9.10. The molecule has 0 bridgehead atoms. The third kappa shape index (κ3) is 3.25. The van der Waals surface area contributed by atoms with Crippen LogP contribution in [-0.2, 0) is 0 Å². The molecule has 0 amide bonds. The lowest BCUT2D eigenvalue weighted by molar-refractivity contribution is -0.294. The Morgan fingerprint density at radius 3 is 2.10 bits per heavy atom. The van der Waals surface area contributed by atoms with Gasteiger partial charge < -0.3 is 5.32 Å². The Hall–Kier alpha value is -0.830. The van der Waals surface area contributed by atoms with E-state index >= 15 is 0 Å². The van der Waals surface area contributed by atoms with Gasteiger partial charge in [-0.05, 0) is 34.6 Å². The molecule has 0 radical (unpaired) electrons. The molecule has 0 aromatic heterocycles. The fourth-order valence-corrected chi connectivity index (χ4v) is 1.88. The van der Waals surface area contributed by atoms with Crippen molar-refractivity contribution in [1.29, 1.82) is 0 Å². The molecule has 1 unspecified atom stereocenters. The van der Waals surface area contributed by atoms with Crippen molar-refractivity contribution in [1.82, 2.24) is 5.32 Å². The van der Waals surface area contributed by atoms with Crippen LogP contribution in [0.1, 0.15) is 18.5 Å². The minimum atomic E-state index is -5.89. The molecule has 20 heavy (non-hydrogen) atoms. The first-order valence-electron chi connectivity index (χ1n) is 5.34. The summed E-state index contributed by atoms with van der Waals surface area (Å²) in [5.74, 6) is -7.75. The molecule has 0 spiro atoms. The van der Waals surface area contributed by atoms with E-state index in [0.717, 1.165) is 0 Å². The number of benzene rings is 1. The van der Waals surface area contributed by atoms with Crippen molar-refractivity contribution in [3.63, 3.8) is 0 Å². The van der Waals surface area contributed by atoms with E-state index in [1.54, 1.807) is 0 Å². The fourth-order valence-electron chi connectivity index (χ4n) is 1.56. The molecule has 9 heteroatoms. The molecule has 0 saturated carbocycles. The Balaban J connectivity index is 3.39. The molecular formula is C11H9BrF7N. The molecule has 1 atom stereocenters. The zero-order chi connectivity index (χ0) is 15.7. The second-order valence-electron chi connectivity index (χ2n) is 3.90.